The van der Waals surface area contributed by atoms with Gasteiger partial charge in [0.05, 0.1) is 25.3 Å². The van der Waals surface area contributed by atoms with E-state index >= 15 is 0 Å². The van der Waals surface area contributed by atoms with Gasteiger partial charge in [-0.1, -0.05) is 29.8 Å². The number of carbonyl (C=O) groups is 2. The number of halogens is 2. The molecule has 3 amide bonds. The van der Waals surface area contributed by atoms with Crippen molar-refractivity contribution >= 4 is 29.6 Å². The number of ether oxygens (including phenoxy) is 2. The van der Waals surface area contributed by atoms with Gasteiger partial charge in [-0.25, -0.2) is 9.18 Å². The molecule has 0 atom stereocenters. The molecule has 0 saturated carbocycles. The Hall–Kier alpha value is -3.06. The highest BCUT2D eigenvalue weighted by atomic mass is 35.5. The van der Waals surface area contributed by atoms with E-state index in [0.717, 1.165) is 4.90 Å². The van der Waals surface area contributed by atoms with E-state index in [1.165, 1.54) is 25.3 Å². The second-order valence-electron chi connectivity index (χ2n) is 5.94. The number of amides is 3. The third-order valence-corrected chi connectivity index (χ3v) is 4.38. The minimum atomic E-state index is -0.622. The second-order valence-corrected chi connectivity index (χ2v) is 6.35. The second kappa shape index (κ2) is 8.31. The van der Waals surface area contributed by atoms with Crippen molar-refractivity contribution in [3.63, 3.8) is 0 Å². The summed E-state index contributed by atoms with van der Waals surface area (Å²) in [4.78, 5) is 25.7. The smallest absolute Gasteiger partial charge is 0.329 e. The zero-order chi connectivity index (χ0) is 20.3. The quantitative estimate of drug-likeness (QED) is 0.584. The molecule has 0 aromatic heterocycles. The number of urea groups is 1. The van der Waals surface area contributed by atoms with Crippen LogP contribution >= 0.6 is 11.6 Å². The van der Waals surface area contributed by atoms with Crippen LogP contribution in [0.25, 0.3) is 6.08 Å². The van der Waals surface area contributed by atoms with Crippen LogP contribution in [-0.4, -0.2) is 30.6 Å². The fourth-order valence-electron chi connectivity index (χ4n) is 2.79. The third kappa shape index (κ3) is 3.94. The first kappa shape index (κ1) is 19.7. The Bertz CT molecular complexity index is 961. The molecule has 1 fully saturated rings. The van der Waals surface area contributed by atoms with Crippen LogP contribution in [0.2, 0.25) is 5.02 Å². The first-order valence-electron chi connectivity index (χ1n) is 8.52. The van der Waals surface area contributed by atoms with Gasteiger partial charge in [-0.2, -0.15) is 0 Å². The molecule has 6 nitrogen and oxygen atoms in total. The molecule has 1 N–H and O–H groups in total. The first-order valence-corrected chi connectivity index (χ1v) is 8.90. The monoisotopic (exact) mass is 404 g/mol. The average molecular weight is 405 g/mol. The van der Waals surface area contributed by atoms with Gasteiger partial charge in [0.1, 0.15) is 11.5 Å². The molecule has 1 saturated heterocycles. The van der Waals surface area contributed by atoms with Crippen molar-refractivity contribution in [1.82, 2.24) is 10.2 Å². The summed E-state index contributed by atoms with van der Waals surface area (Å²) in [6, 6.07) is 8.60. The minimum Gasteiger partial charge on any atom is -0.493 e. The van der Waals surface area contributed by atoms with E-state index in [1.54, 1.807) is 24.3 Å². The standard InChI is InChI=1S/C20H18ClFN2O4/c1-3-28-18-14(21)8-12(10-17(18)27-2)9-16-19(25)24(20(26)23-16)11-13-6-4-5-7-15(13)22/h4-10H,3,11H2,1-2H3,(H,23,26). The van der Waals surface area contributed by atoms with Crippen LogP contribution in [0.5, 0.6) is 11.5 Å². The molecule has 2 aromatic carbocycles. The molecule has 0 radical (unpaired) electrons. The zero-order valence-electron chi connectivity index (χ0n) is 15.3. The lowest BCUT2D eigenvalue weighted by Gasteiger charge is -2.12. The fourth-order valence-corrected chi connectivity index (χ4v) is 3.06. The zero-order valence-corrected chi connectivity index (χ0v) is 16.0. The summed E-state index contributed by atoms with van der Waals surface area (Å²) in [7, 11) is 1.48. The molecule has 0 spiro atoms. The maximum Gasteiger partial charge on any atom is 0.329 e. The minimum absolute atomic E-state index is 0.0589. The van der Waals surface area contributed by atoms with E-state index in [-0.39, 0.29) is 17.8 Å². The number of nitrogens with one attached hydrogen (secondary N) is 1. The summed E-state index contributed by atoms with van der Waals surface area (Å²) in [6.45, 7) is 2.07. The van der Waals surface area contributed by atoms with Crippen molar-refractivity contribution in [2.24, 2.45) is 0 Å². The van der Waals surface area contributed by atoms with Crippen molar-refractivity contribution in [3.05, 3.63) is 64.1 Å². The van der Waals surface area contributed by atoms with Crippen molar-refractivity contribution in [1.29, 1.82) is 0 Å². The summed E-state index contributed by atoms with van der Waals surface area (Å²) in [5, 5.41) is 2.81. The van der Waals surface area contributed by atoms with E-state index < -0.39 is 17.8 Å². The summed E-state index contributed by atoms with van der Waals surface area (Å²) >= 11 is 6.24. The van der Waals surface area contributed by atoms with Gasteiger partial charge >= 0.3 is 6.03 Å². The lowest BCUT2D eigenvalue weighted by Crippen LogP contribution is -2.30. The molecule has 2 aromatic rings. The molecule has 1 heterocycles. The van der Waals surface area contributed by atoms with Gasteiger partial charge in [0.15, 0.2) is 11.5 Å². The van der Waals surface area contributed by atoms with Gasteiger partial charge in [0.2, 0.25) is 0 Å². The predicted octanol–water partition coefficient (Wildman–Crippen LogP) is 3.98. The number of nitrogens with zero attached hydrogens (tertiary/aromatic N) is 1. The van der Waals surface area contributed by atoms with Crippen LogP contribution in [0.3, 0.4) is 0 Å². The number of hydrogen-bond donors (Lipinski definition) is 1. The normalized spacial score (nSPS) is 15.1. The number of benzene rings is 2. The number of carbonyl (C=O) groups excluding carboxylic acids is 2. The summed E-state index contributed by atoms with van der Waals surface area (Å²) in [5.41, 5.74) is 0.850. The van der Waals surface area contributed by atoms with E-state index in [9.17, 15) is 14.0 Å². The third-order valence-electron chi connectivity index (χ3n) is 4.10. The predicted molar refractivity (Wildman–Crippen MR) is 103 cm³/mol. The van der Waals surface area contributed by atoms with Crippen molar-refractivity contribution < 1.29 is 23.5 Å². The Labute approximate surface area is 166 Å². The first-order chi connectivity index (χ1) is 13.4. The molecule has 1 aliphatic rings. The maximum absolute atomic E-state index is 13.8. The van der Waals surface area contributed by atoms with Gasteiger partial charge in [0, 0.05) is 5.56 Å². The molecule has 3 rings (SSSR count). The lowest BCUT2D eigenvalue weighted by atomic mass is 10.1. The van der Waals surface area contributed by atoms with Crippen LogP contribution in [0, 0.1) is 5.82 Å². The molecule has 1 aliphatic heterocycles. The van der Waals surface area contributed by atoms with Gasteiger partial charge in [0.25, 0.3) is 5.91 Å². The van der Waals surface area contributed by atoms with Crippen molar-refractivity contribution in [2.75, 3.05) is 13.7 Å². The largest absolute Gasteiger partial charge is 0.493 e. The Balaban J connectivity index is 1.87. The molecular weight excluding hydrogens is 387 g/mol. The van der Waals surface area contributed by atoms with E-state index in [2.05, 4.69) is 5.32 Å². The molecule has 146 valence electrons. The Morgan fingerprint density at radius 1 is 1.25 bits per heavy atom. The van der Waals surface area contributed by atoms with Gasteiger partial charge < -0.3 is 14.8 Å². The summed E-state index contributed by atoms with van der Waals surface area (Å²) < 4.78 is 24.6. The van der Waals surface area contributed by atoms with Crippen molar-refractivity contribution in [3.8, 4) is 11.5 Å². The van der Waals surface area contributed by atoms with Gasteiger partial charge in [-0.05, 0) is 36.8 Å². The van der Waals surface area contributed by atoms with Crippen LogP contribution < -0.4 is 14.8 Å². The highest BCUT2D eigenvalue weighted by Gasteiger charge is 2.34. The SMILES string of the molecule is CCOc1c(Cl)cc(C=C2NC(=O)N(Cc3ccccc3F)C2=O)cc1OC. The molecule has 0 unspecified atom stereocenters. The number of rotatable bonds is 6. The van der Waals surface area contributed by atoms with E-state index in [4.69, 9.17) is 21.1 Å². The van der Waals surface area contributed by atoms with Gasteiger partial charge in [-0.15, -0.1) is 0 Å². The average Bonchev–Trinajstić information content (AvgIpc) is 2.92. The van der Waals surface area contributed by atoms with Crippen molar-refractivity contribution in [2.45, 2.75) is 13.5 Å². The molecule has 0 bridgehead atoms. The summed E-state index contributed by atoms with van der Waals surface area (Å²) in [5.74, 6) is -0.237. The Kier molecular flexibility index (Phi) is 5.84. The Morgan fingerprint density at radius 2 is 2.00 bits per heavy atom. The summed E-state index contributed by atoms with van der Waals surface area (Å²) in [6.07, 6.45) is 1.48. The maximum atomic E-state index is 13.8. The molecule has 28 heavy (non-hydrogen) atoms. The van der Waals surface area contributed by atoms with Crippen LogP contribution in [-0.2, 0) is 11.3 Å². The number of imide groups is 1. The van der Waals surface area contributed by atoms with Crippen LogP contribution in [0.15, 0.2) is 42.1 Å². The highest BCUT2D eigenvalue weighted by molar-refractivity contribution is 6.32. The van der Waals surface area contributed by atoms with Crippen LogP contribution in [0.4, 0.5) is 9.18 Å². The molecular formula is C20H18ClFN2O4. The number of hydrogen-bond acceptors (Lipinski definition) is 4. The molecule has 8 heteroatoms. The van der Waals surface area contributed by atoms with E-state index in [0.29, 0.717) is 28.7 Å². The lowest BCUT2D eigenvalue weighted by molar-refractivity contribution is -0.123. The fraction of sp³-hybridized carbons (Fsp3) is 0.200. The Morgan fingerprint density at radius 3 is 2.68 bits per heavy atom. The topological polar surface area (TPSA) is 67.9 Å². The van der Waals surface area contributed by atoms with Crippen LogP contribution in [0.1, 0.15) is 18.1 Å². The van der Waals surface area contributed by atoms with Gasteiger partial charge in [-0.3, -0.25) is 9.69 Å². The highest BCUT2D eigenvalue weighted by Crippen LogP contribution is 2.37. The van der Waals surface area contributed by atoms with E-state index in [1.807, 2.05) is 6.92 Å². The number of methoxy groups -OCH3 is 1. The molecule has 0 aliphatic carbocycles.